The number of anilines is 2. The Morgan fingerprint density at radius 1 is 0.744 bits per heavy atom. The third-order valence-electron chi connectivity index (χ3n) is 5.35. The number of nitrogens with zero attached hydrogens (tertiary/aromatic N) is 4. The van der Waals surface area contributed by atoms with Gasteiger partial charge in [0, 0.05) is 50.4 Å². The summed E-state index contributed by atoms with van der Waals surface area (Å²) in [5.41, 5.74) is 0.991. The first-order valence-electron chi connectivity index (χ1n) is 12.6. The van der Waals surface area contributed by atoms with Crippen LogP contribution in [0.4, 0.5) is 22.7 Å². The zero-order valence-electron chi connectivity index (χ0n) is 22.3. The van der Waals surface area contributed by atoms with Gasteiger partial charge in [-0.2, -0.15) is 0 Å². The molecule has 0 spiro atoms. The van der Waals surface area contributed by atoms with Crippen molar-refractivity contribution in [2.45, 2.75) is 21.5 Å². The molecule has 19 heteroatoms. The zero-order chi connectivity index (χ0) is 31.2. The smallest absolute Gasteiger partial charge is 0.271 e. The molecule has 0 bridgehead atoms. The number of hydrogen-bond donors (Lipinski definition) is 4. The third-order valence-corrected chi connectivity index (χ3v) is 9.17. The lowest BCUT2D eigenvalue weighted by molar-refractivity contribution is -0.385. The second-order valence-corrected chi connectivity index (χ2v) is 12.8. The summed E-state index contributed by atoms with van der Waals surface area (Å²) in [6, 6.07) is 8.37. The number of aromatic nitrogens is 2. The van der Waals surface area contributed by atoms with Gasteiger partial charge in [0.15, 0.2) is 8.68 Å². The maximum Gasteiger partial charge on any atom is 0.271 e. The molecule has 2 aromatic carbocycles. The van der Waals surface area contributed by atoms with Gasteiger partial charge in [-0.1, -0.05) is 58.1 Å². The lowest BCUT2D eigenvalue weighted by Crippen LogP contribution is -2.27. The minimum absolute atomic E-state index is 0.0846. The van der Waals surface area contributed by atoms with Crippen molar-refractivity contribution in [2.24, 2.45) is 0 Å². The second kappa shape index (κ2) is 17.7. The standard InChI is InChI=1S/C24H26Cl2N8O6S3/c25-17-11-15(33(37)38)3-5-19(17)27-7-1-9-29-21(35)13-41-23-31-32-24(43-23)42-14-22(36)30-10-2-8-28-20-6-4-16(34(39)40)12-18(20)26/h3-6,11-12,27-28H,1-2,7-10,13-14H2,(H,29,35)(H,30,36). The molecule has 1 aromatic heterocycles. The van der Waals surface area contributed by atoms with Crippen LogP contribution in [0, 0.1) is 20.2 Å². The van der Waals surface area contributed by atoms with Gasteiger partial charge in [0.25, 0.3) is 11.4 Å². The van der Waals surface area contributed by atoms with Gasteiger partial charge in [-0.05, 0) is 25.0 Å². The highest BCUT2D eigenvalue weighted by molar-refractivity contribution is 8.03. The van der Waals surface area contributed by atoms with Gasteiger partial charge >= 0.3 is 0 Å². The number of nitrogens with one attached hydrogen (secondary N) is 4. The highest BCUT2D eigenvalue weighted by Crippen LogP contribution is 2.29. The quantitative estimate of drug-likeness (QED) is 0.0600. The van der Waals surface area contributed by atoms with Crippen molar-refractivity contribution in [3.05, 3.63) is 66.7 Å². The summed E-state index contributed by atoms with van der Waals surface area (Å²) < 4.78 is 1.23. The van der Waals surface area contributed by atoms with Crippen molar-refractivity contribution in [2.75, 3.05) is 48.3 Å². The molecule has 0 aliphatic heterocycles. The van der Waals surface area contributed by atoms with E-state index in [4.69, 9.17) is 23.2 Å². The molecule has 0 aliphatic carbocycles. The van der Waals surface area contributed by atoms with Crippen LogP contribution in [0.1, 0.15) is 12.8 Å². The maximum absolute atomic E-state index is 12.1. The maximum atomic E-state index is 12.1. The molecule has 1 heterocycles. The Kier molecular flexibility index (Phi) is 14.0. The van der Waals surface area contributed by atoms with Crippen LogP contribution in [-0.4, -0.2) is 69.5 Å². The first-order valence-corrected chi connectivity index (χ1v) is 16.1. The number of nitro groups is 2. The van der Waals surface area contributed by atoms with Gasteiger partial charge in [-0.15, -0.1) is 10.2 Å². The van der Waals surface area contributed by atoms with Crippen molar-refractivity contribution < 1.29 is 19.4 Å². The van der Waals surface area contributed by atoms with Crippen LogP contribution >= 0.6 is 58.1 Å². The summed E-state index contributed by atoms with van der Waals surface area (Å²) in [6.07, 6.45) is 1.24. The van der Waals surface area contributed by atoms with E-state index < -0.39 is 9.85 Å². The number of non-ortho nitro benzene ring substituents is 2. The van der Waals surface area contributed by atoms with Gasteiger partial charge < -0.3 is 21.3 Å². The van der Waals surface area contributed by atoms with Crippen molar-refractivity contribution in [3.63, 3.8) is 0 Å². The number of thioether (sulfide) groups is 2. The normalized spacial score (nSPS) is 10.7. The monoisotopic (exact) mass is 688 g/mol. The van der Waals surface area contributed by atoms with E-state index >= 15 is 0 Å². The minimum atomic E-state index is -0.515. The molecule has 0 atom stereocenters. The Balaban J connectivity index is 1.23. The molecule has 3 aromatic rings. The van der Waals surface area contributed by atoms with Gasteiger partial charge in [0.1, 0.15) is 0 Å². The number of nitro benzene ring substituents is 2. The van der Waals surface area contributed by atoms with Crippen LogP contribution in [0.15, 0.2) is 45.1 Å². The number of carbonyl (C=O) groups excluding carboxylic acids is 2. The van der Waals surface area contributed by atoms with E-state index in [-0.39, 0.29) is 44.7 Å². The first kappa shape index (κ1) is 34.1. The lowest BCUT2D eigenvalue weighted by Gasteiger charge is -2.09. The van der Waals surface area contributed by atoms with Crippen molar-refractivity contribution >= 4 is 92.6 Å². The van der Waals surface area contributed by atoms with Crippen LogP contribution in [0.3, 0.4) is 0 Å². The Labute approximate surface area is 268 Å². The predicted octanol–water partition coefficient (Wildman–Crippen LogP) is 5.08. The molecular weight excluding hydrogens is 663 g/mol. The molecule has 0 fully saturated rings. The van der Waals surface area contributed by atoms with Crippen molar-refractivity contribution in [1.82, 2.24) is 20.8 Å². The van der Waals surface area contributed by atoms with E-state index in [9.17, 15) is 29.8 Å². The minimum Gasteiger partial charge on any atom is -0.384 e. The average Bonchev–Trinajstić information content (AvgIpc) is 3.43. The molecule has 230 valence electrons. The summed E-state index contributed by atoms with van der Waals surface area (Å²) in [7, 11) is 0. The fraction of sp³-hybridized carbons (Fsp3) is 0.333. The van der Waals surface area contributed by atoms with Crippen molar-refractivity contribution in [1.29, 1.82) is 0 Å². The van der Waals surface area contributed by atoms with E-state index in [0.717, 1.165) is 0 Å². The number of amides is 2. The van der Waals surface area contributed by atoms with Crippen LogP contribution in [0.25, 0.3) is 0 Å². The number of rotatable bonds is 18. The van der Waals surface area contributed by atoms with Crippen molar-refractivity contribution in [3.8, 4) is 0 Å². The summed E-state index contributed by atoms with van der Waals surface area (Å²) >= 11 is 15.9. The van der Waals surface area contributed by atoms with Gasteiger partial charge in [0.2, 0.25) is 11.8 Å². The highest BCUT2D eigenvalue weighted by Gasteiger charge is 2.12. The van der Waals surface area contributed by atoms with Crippen LogP contribution in [0.5, 0.6) is 0 Å². The topological polar surface area (TPSA) is 194 Å². The molecule has 3 rings (SSSR count). The van der Waals surface area contributed by atoms with Crippen LogP contribution in [-0.2, 0) is 9.59 Å². The molecular formula is C24H26Cl2N8O6S3. The van der Waals surface area contributed by atoms with Gasteiger partial charge in [0.05, 0.1) is 42.8 Å². The number of hydrogen-bond acceptors (Lipinski definition) is 13. The molecule has 0 saturated heterocycles. The molecule has 0 aliphatic rings. The van der Waals surface area contributed by atoms with E-state index in [2.05, 4.69) is 31.5 Å². The Morgan fingerprint density at radius 2 is 1.16 bits per heavy atom. The van der Waals surface area contributed by atoms with Gasteiger partial charge in [-0.3, -0.25) is 29.8 Å². The molecule has 43 heavy (non-hydrogen) atoms. The fourth-order valence-electron chi connectivity index (χ4n) is 3.27. The third kappa shape index (κ3) is 12.0. The number of halogens is 2. The highest BCUT2D eigenvalue weighted by atomic mass is 35.5. The van der Waals surface area contributed by atoms with E-state index in [1.54, 1.807) is 12.1 Å². The van der Waals surface area contributed by atoms with Crippen LogP contribution < -0.4 is 21.3 Å². The Hall–Kier alpha value is -3.38. The fourth-order valence-corrected chi connectivity index (χ4v) is 6.43. The first-order chi connectivity index (χ1) is 20.6. The second-order valence-electron chi connectivity index (χ2n) is 8.51. The molecule has 0 saturated carbocycles. The van der Waals surface area contributed by atoms with Crippen LogP contribution in [0.2, 0.25) is 10.0 Å². The average molecular weight is 690 g/mol. The molecule has 4 N–H and O–H groups in total. The molecule has 2 amide bonds. The SMILES string of the molecule is O=C(CSc1nnc(SCC(=O)NCCCNc2ccc([N+](=O)[O-])cc2Cl)s1)NCCCNc1ccc([N+](=O)[O-])cc1Cl. The predicted molar refractivity (Wildman–Crippen MR) is 170 cm³/mol. The Morgan fingerprint density at radius 3 is 1.53 bits per heavy atom. The molecule has 0 radical (unpaired) electrons. The van der Waals surface area contributed by atoms with E-state index in [1.807, 2.05) is 0 Å². The van der Waals surface area contributed by atoms with E-state index in [0.29, 0.717) is 59.1 Å². The number of carbonyl (C=O) groups is 2. The molecule has 0 unspecified atom stereocenters. The summed E-state index contributed by atoms with van der Waals surface area (Å²) in [6.45, 7) is 1.90. The van der Waals surface area contributed by atoms with Gasteiger partial charge in [-0.25, -0.2) is 0 Å². The lowest BCUT2D eigenvalue weighted by atomic mass is 10.2. The summed E-state index contributed by atoms with van der Waals surface area (Å²) in [5, 5.41) is 41.9. The summed E-state index contributed by atoms with van der Waals surface area (Å²) in [5.74, 6) is 0.0149. The molecule has 14 nitrogen and oxygen atoms in total. The summed E-state index contributed by atoms with van der Waals surface area (Å²) in [4.78, 5) is 44.8. The Bertz CT molecular complexity index is 1340. The van der Waals surface area contributed by atoms with E-state index in [1.165, 1.54) is 59.1 Å². The largest absolute Gasteiger partial charge is 0.384 e. The zero-order valence-corrected chi connectivity index (χ0v) is 26.3. The number of benzene rings is 2.